The zero-order chi connectivity index (χ0) is 8.85. The van der Waals surface area contributed by atoms with E-state index in [-0.39, 0.29) is 0 Å². The minimum absolute atomic E-state index is 0.528. The van der Waals surface area contributed by atoms with Crippen LogP contribution in [0.2, 0.25) is 0 Å². The molecular formula is C10H23N. The molecular weight excluding hydrogens is 134 g/mol. The molecule has 1 aliphatic rings. The van der Waals surface area contributed by atoms with Crippen LogP contribution in [0.4, 0.5) is 0 Å². The Bertz CT molecular complexity index is 90.9. The van der Waals surface area contributed by atoms with Gasteiger partial charge in [-0.3, -0.25) is 0 Å². The van der Waals surface area contributed by atoms with Gasteiger partial charge < -0.3 is 5.73 Å². The standard InChI is InChI=1S/C8H17N.C2H6/c1-3-6(2)7-4-5-8(7)9;1-2/h6-8H,3-5,9H2,1-2H3;1-2H3. The monoisotopic (exact) mass is 157 g/mol. The van der Waals surface area contributed by atoms with Crippen molar-refractivity contribution in [2.24, 2.45) is 17.6 Å². The Kier molecular flexibility index (Phi) is 5.57. The van der Waals surface area contributed by atoms with E-state index in [0.717, 1.165) is 11.8 Å². The molecule has 1 heteroatoms. The lowest BCUT2D eigenvalue weighted by atomic mass is 9.72. The van der Waals surface area contributed by atoms with E-state index in [1.807, 2.05) is 13.8 Å². The van der Waals surface area contributed by atoms with Crippen LogP contribution >= 0.6 is 0 Å². The zero-order valence-corrected chi connectivity index (χ0v) is 8.43. The summed E-state index contributed by atoms with van der Waals surface area (Å²) in [5.74, 6) is 1.70. The molecule has 11 heavy (non-hydrogen) atoms. The average molecular weight is 157 g/mol. The Morgan fingerprint density at radius 3 is 2.00 bits per heavy atom. The van der Waals surface area contributed by atoms with Crippen molar-refractivity contribution in [3.63, 3.8) is 0 Å². The van der Waals surface area contributed by atoms with E-state index >= 15 is 0 Å². The smallest absolute Gasteiger partial charge is 0.00698 e. The second-order valence-electron chi connectivity index (χ2n) is 3.29. The van der Waals surface area contributed by atoms with Crippen LogP contribution in [0.25, 0.3) is 0 Å². The van der Waals surface area contributed by atoms with Crippen molar-refractivity contribution in [3.05, 3.63) is 0 Å². The summed E-state index contributed by atoms with van der Waals surface area (Å²) < 4.78 is 0. The molecule has 1 saturated carbocycles. The SMILES string of the molecule is CC.CCC(C)C1CCC1N. The largest absolute Gasteiger partial charge is 0.327 e. The Labute approximate surface area is 71.4 Å². The number of rotatable bonds is 2. The van der Waals surface area contributed by atoms with Gasteiger partial charge in [0.15, 0.2) is 0 Å². The molecule has 0 radical (unpaired) electrons. The summed E-state index contributed by atoms with van der Waals surface area (Å²) in [7, 11) is 0. The molecule has 0 amide bonds. The van der Waals surface area contributed by atoms with Crippen molar-refractivity contribution in [2.45, 2.75) is 53.0 Å². The van der Waals surface area contributed by atoms with Crippen molar-refractivity contribution in [1.82, 2.24) is 0 Å². The summed E-state index contributed by atoms with van der Waals surface area (Å²) >= 11 is 0. The fraction of sp³-hybridized carbons (Fsp3) is 1.00. The molecule has 1 rings (SSSR count). The summed E-state index contributed by atoms with van der Waals surface area (Å²) in [6.45, 7) is 8.55. The third-order valence-corrected chi connectivity index (χ3v) is 2.76. The third kappa shape index (κ3) is 2.82. The molecule has 0 bridgehead atoms. The number of hydrogen-bond donors (Lipinski definition) is 1. The van der Waals surface area contributed by atoms with Gasteiger partial charge in [-0.25, -0.2) is 0 Å². The molecule has 1 fully saturated rings. The zero-order valence-electron chi connectivity index (χ0n) is 8.43. The number of nitrogens with two attached hydrogens (primary N) is 1. The summed E-state index contributed by atoms with van der Waals surface area (Å²) in [4.78, 5) is 0. The lowest BCUT2D eigenvalue weighted by Crippen LogP contribution is -2.42. The average Bonchev–Trinajstić information content (AvgIpc) is 2.05. The molecule has 0 aromatic carbocycles. The van der Waals surface area contributed by atoms with E-state index in [1.54, 1.807) is 0 Å². The third-order valence-electron chi connectivity index (χ3n) is 2.76. The van der Waals surface area contributed by atoms with E-state index in [4.69, 9.17) is 5.73 Å². The molecule has 68 valence electrons. The van der Waals surface area contributed by atoms with Crippen LogP contribution in [0.3, 0.4) is 0 Å². The van der Waals surface area contributed by atoms with Gasteiger partial charge in [0, 0.05) is 6.04 Å². The van der Waals surface area contributed by atoms with E-state index in [9.17, 15) is 0 Å². The van der Waals surface area contributed by atoms with Gasteiger partial charge >= 0.3 is 0 Å². The fourth-order valence-electron chi connectivity index (χ4n) is 1.56. The lowest BCUT2D eigenvalue weighted by Gasteiger charge is -2.37. The maximum Gasteiger partial charge on any atom is 0.00698 e. The van der Waals surface area contributed by atoms with Gasteiger partial charge in [0.05, 0.1) is 0 Å². The normalized spacial score (nSPS) is 31.4. The van der Waals surface area contributed by atoms with Gasteiger partial charge in [-0.15, -0.1) is 0 Å². The Morgan fingerprint density at radius 1 is 1.36 bits per heavy atom. The molecule has 0 spiro atoms. The highest BCUT2D eigenvalue weighted by Gasteiger charge is 2.30. The first-order valence-electron chi connectivity index (χ1n) is 5.01. The molecule has 3 atom stereocenters. The summed E-state index contributed by atoms with van der Waals surface area (Å²) in [5, 5.41) is 0. The maximum absolute atomic E-state index is 5.80. The van der Waals surface area contributed by atoms with Crippen LogP contribution in [0.5, 0.6) is 0 Å². The van der Waals surface area contributed by atoms with Crippen LogP contribution in [0.1, 0.15) is 47.0 Å². The molecule has 0 aromatic heterocycles. The van der Waals surface area contributed by atoms with Crippen LogP contribution in [0.15, 0.2) is 0 Å². The van der Waals surface area contributed by atoms with Crippen molar-refractivity contribution < 1.29 is 0 Å². The van der Waals surface area contributed by atoms with E-state index in [0.29, 0.717) is 6.04 Å². The predicted octanol–water partition coefficient (Wildman–Crippen LogP) is 2.80. The maximum atomic E-state index is 5.80. The van der Waals surface area contributed by atoms with Crippen LogP contribution in [-0.4, -0.2) is 6.04 Å². The van der Waals surface area contributed by atoms with Gasteiger partial charge in [0.1, 0.15) is 0 Å². The fourth-order valence-corrected chi connectivity index (χ4v) is 1.56. The first-order chi connectivity index (χ1) is 5.25. The van der Waals surface area contributed by atoms with Crippen LogP contribution in [0, 0.1) is 11.8 Å². The highest BCUT2D eigenvalue weighted by Crippen LogP contribution is 2.33. The Hall–Kier alpha value is -0.0400. The lowest BCUT2D eigenvalue weighted by molar-refractivity contribution is 0.174. The highest BCUT2D eigenvalue weighted by atomic mass is 14.7. The second kappa shape index (κ2) is 5.59. The van der Waals surface area contributed by atoms with E-state index < -0.39 is 0 Å². The minimum Gasteiger partial charge on any atom is -0.327 e. The van der Waals surface area contributed by atoms with Gasteiger partial charge in [-0.05, 0) is 24.7 Å². The van der Waals surface area contributed by atoms with Crippen LogP contribution < -0.4 is 5.73 Å². The molecule has 1 nitrogen and oxygen atoms in total. The van der Waals surface area contributed by atoms with Gasteiger partial charge in [0.25, 0.3) is 0 Å². The predicted molar refractivity (Wildman–Crippen MR) is 51.5 cm³/mol. The second-order valence-corrected chi connectivity index (χ2v) is 3.29. The van der Waals surface area contributed by atoms with Gasteiger partial charge in [0.2, 0.25) is 0 Å². The molecule has 0 heterocycles. The minimum atomic E-state index is 0.528. The Morgan fingerprint density at radius 2 is 1.91 bits per heavy atom. The molecule has 0 saturated heterocycles. The van der Waals surface area contributed by atoms with E-state index in [1.165, 1.54) is 19.3 Å². The quantitative estimate of drug-likeness (QED) is 0.655. The molecule has 3 unspecified atom stereocenters. The first kappa shape index (κ1) is 11.0. The van der Waals surface area contributed by atoms with Gasteiger partial charge in [-0.2, -0.15) is 0 Å². The molecule has 0 aliphatic heterocycles. The van der Waals surface area contributed by atoms with Crippen molar-refractivity contribution in [2.75, 3.05) is 0 Å². The van der Waals surface area contributed by atoms with Crippen molar-refractivity contribution in [3.8, 4) is 0 Å². The van der Waals surface area contributed by atoms with Crippen molar-refractivity contribution >= 4 is 0 Å². The molecule has 2 N–H and O–H groups in total. The van der Waals surface area contributed by atoms with E-state index in [2.05, 4.69) is 13.8 Å². The highest BCUT2D eigenvalue weighted by molar-refractivity contribution is 4.86. The molecule has 1 aliphatic carbocycles. The van der Waals surface area contributed by atoms with Crippen molar-refractivity contribution in [1.29, 1.82) is 0 Å². The summed E-state index contributed by atoms with van der Waals surface area (Å²) in [6, 6.07) is 0.528. The van der Waals surface area contributed by atoms with Gasteiger partial charge in [-0.1, -0.05) is 34.1 Å². The first-order valence-corrected chi connectivity index (χ1v) is 5.01. The molecule has 0 aromatic rings. The Balaban J connectivity index is 0.000000461. The topological polar surface area (TPSA) is 26.0 Å². The summed E-state index contributed by atoms with van der Waals surface area (Å²) in [5.41, 5.74) is 5.80. The van der Waals surface area contributed by atoms with Crippen LogP contribution in [-0.2, 0) is 0 Å². The number of hydrogen-bond acceptors (Lipinski definition) is 1. The summed E-state index contributed by atoms with van der Waals surface area (Å²) in [6.07, 6.45) is 3.92.